The molecule has 154 valence electrons. The zero-order chi connectivity index (χ0) is 21.6. The van der Waals surface area contributed by atoms with Crippen molar-refractivity contribution in [2.24, 2.45) is 11.0 Å². The van der Waals surface area contributed by atoms with Crippen molar-refractivity contribution in [2.45, 2.75) is 19.9 Å². The van der Waals surface area contributed by atoms with Crippen LogP contribution in [0, 0.1) is 5.92 Å². The van der Waals surface area contributed by atoms with Crippen LogP contribution in [0.3, 0.4) is 0 Å². The van der Waals surface area contributed by atoms with Crippen LogP contribution in [0.2, 0.25) is 10.0 Å². The Kier molecular flexibility index (Phi) is 7.87. The van der Waals surface area contributed by atoms with Crippen LogP contribution in [0.5, 0.6) is 11.5 Å². The normalized spacial score (nSPS) is 12.1. The van der Waals surface area contributed by atoms with E-state index in [1.54, 1.807) is 32.0 Å². The van der Waals surface area contributed by atoms with Gasteiger partial charge in [0.15, 0.2) is 11.5 Å². The lowest BCUT2D eigenvalue weighted by Crippen LogP contribution is -2.48. The van der Waals surface area contributed by atoms with Crippen molar-refractivity contribution in [1.82, 2.24) is 10.7 Å². The smallest absolute Gasteiger partial charge is 0.262 e. The number of carbonyl (C=O) groups excluding carboxylic acids is 2. The number of hydrogen-bond donors (Lipinski definition) is 3. The number of benzene rings is 2. The highest BCUT2D eigenvalue weighted by atomic mass is 35.5. The summed E-state index contributed by atoms with van der Waals surface area (Å²) < 4.78 is 5.02. The van der Waals surface area contributed by atoms with Crippen LogP contribution in [-0.2, 0) is 4.79 Å². The van der Waals surface area contributed by atoms with Gasteiger partial charge in [0.1, 0.15) is 6.04 Å². The standard InChI is InChI=1S/C20H21Cl2N3O4/c1-11(2)17(24-19(27)12-5-4-6-14(21)7-12)20(28)25-23-10-13-8-15(22)9-16(29-3)18(13)26/h4-11,17,26H,1-3H3,(H,24,27)(H,25,28)/b23-10+. The van der Waals surface area contributed by atoms with Crippen molar-refractivity contribution in [1.29, 1.82) is 0 Å². The third kappa shape index (κ3) is 6.10. The van der Waals surface area contributed by atoms with Crippen LogP contribution < -0.4 is 15.5 Å². The number of rotatable bonds is 7. The van der Waals surface area contributed by atoms with Gasteiger partial charge in [0.2, 0.25) is 0 Å². The minimum Gasteiger partial charge on any atom is -0.504 e. The summed E-state index contributed by atoms with van der Waals surface area (Å²) in [6.45, 7) is 3.58. The molecule has 0 aliphatic heterocycles. The first-order valence-corrected chi connectivity index (χ1v) is 9.44. The highest BCUT2D eigenvalue weighted by Gasteiger charge is 2.24. The molecule has 0 spiro atoms. The van der Waals surface area contributed by atoms with Crippen molar-refractivity contribution in [3.63, 3.8) is 0 Å². The average Bonchev–Trinajstić information content (AvgIpc) is 2.67. The predicted molar refractivity (Wildman–Crippen MR) is 113 cm³/mol. The SMILES string of the molecule is COc1cc(Cl)cc(/C=N/NC(=O)C(NC(=O)c2cccc(Cl)c2)C(C)C)c1O. The highest BCUT2D eigenvalue weighted by Crippen LogP contribution is 2.32. The van der Waals surface area contributed by atoms with E-state index in [0.29, 0.717) is 15.6 Å². The molecule has 0 radical (unpaired) electrons. The van der Waals surface area contributed by atoms with Gasteiger partial charge >= 0.3 is 0 Å². The van der Waals surface area contributed by atoms with Gasteiger partial charge in [-0.05, 0) is 30.2 Å². The van der Waals surface area contributed by atoms with E-state index in [-0.39, 0.29) is 23.0 Å². The van der Waals surface area contributed by atoms with E-state index >= 15 is 0 Å². The second kappa shape index (κ2) is 10.1. The average molecular weight is 438 g/mol. The molecule has 0 aliphatic rings. The Hall–Kier alpha value is -2.77. The Labute approximate surface area is 178 Å². The first kappa shape index (κ1) is 22.5. The molecule has 1 atom stereocenters. The van der Waals surface area contributed by atoms with Gasteiger partial charge in [-0.15, -0.1) is 0 Å². The lowest BCUT2D eigenvalue weighted by Gasteiger charge is -2.20. The van der Waals surface area contributed by atoms with Crippen LogP contribution in [0.15, 0.2) is 41.5 Å². The Morgan fingerprint density at radius 2 is 1.90 bits per heavy atom. The molecule has 0 bridgehead atoms. The molecule has 1 unspecified atom stereocenters. The van der Waals surface area contributed by atoms with Crippen LogP contribution in [0.4, 0.5) is 0 Å². The number of aromatic hydroxyl groups is 1. The van der Waals surface area contributed by atoms with Crippen molar-refractivity contribution in [3.05, 3.63) is 57.6 Å². The molecule has 0 aliphatic carbocycles. The maximum Gasteiger partial charge on any atom is 0.262 e. The van der Waals surface area contributed by atoms with Crippen LogP contribution in [-0.4, -0.2) is 36.3 Å². The summed E-state index contributed by atoms with van der Waals surface area (Å²) in [7, 11) is 1.39. The van der Waals surface area contributed by atoms with E-state index in [9.17, 15) is 14.7 Å². The second-order valence-electron chi connectivity index (χ2n) is 6.49. The van der Waals surface area contributed by atoms with Crippen LogP contribution >= 0.6 is 23.2 Å². The van der Waals surface area contributed by atoms with Crippen molar-refractivity contribution < 1.29 is 19.4 Å². The third-order valence-corrected chi connectivity index (χ3v) is 4.44. The molecule has 0 fully saturated rings. The zero-order valence-electron chi connectivity index (χ0n) is 16.1. The molecular weight excluding hydrogens is 417 g/mol. The third-order valence-electron chi connectivity index (χ3n) is 3.99. The monoisotopic (exact) mass is 437 g/mol. The molecule has 2 amide bonds. The van der Waals surface area contributed by atoms with Gasteiger partial charge in [-0.2, -0.15) is 5.10 Å². The van der Waals surface area contributed by atoms with Crippen LogP contribution in [0.1, 0.15) is 29.8 Å². The van der Waals surface area contributed by atoms with E-state index in [2.05, 4.69) is 15.8 Å². The van der Waals surface area contributed by atoms with Gasteiger partial charge in [-0.1, -0.05) is 43.1 Å². The fourth-order valence-electron chi connectivity index (χ4n) is 2.47. The number of methoxy groups -OCH3 is 1. The maximum absolute atomic E-state index is 12.5. The van der Waals surface area contributed by atoms with Gasteiger partial charge in [0.25, 0.3) is 11.8 Å². The lowest BCUT2D eigenvalue weighted by molar-refractivity contribution is -0.123. The van der Waals surface area contributed by atoms with Gasteiger partial charge in [-0.3, -0.25) is 9.59 Å². The number of ether oxygens (including phenoxy) is 1. The maximum atomic E-state index is 12.5. The quantitative estimate of drug-likeness (QED) is 0.454. The van der Waals surface area contributed by atoms with Crippen molar-refractivity contribution in [3.8, 4) is 11.5 Å². The first-order chi connectivity index (χ1) is 13.7. The fourth-order valence-corrected chi connectivity index (χ4v) is 2.88. The first-order valence-electron chi connectivity index (χ1n) is 8.68. The van der Waals surface area contributed by atoms with Crippen molar-refractivity contribution in [2.75, 3.05) is 7.11 Å². The number of amides is 2. The van der Waals surface area contributed by atoms with E-state index in [4.69, 9.17) is 27.9 Å². The number of nitrogens with one attached hydrogen (secondary N) is 2. The molecule has 0 aromatic heterocycles. The Morgan fingerprint density at radius 1 is 1.17 bits per heavy atom. The Balaban J connectivity index is 2.09. The summed E-state index contributed by atoms with van der Waals surface area (Å²) in [5.41, 5.74) is 2.97. The molecule has 0 saturated heterocycles. The summed E-state index contributed by atoms with van der Waals surface area (Å²) >= 11 is 11.9. The summed E-state index contributed by atoms with van der Waals surface area (Å²) in [5.74, 6) is -1.13. The van der Waals surface area contributed by atoms with Crippen molar-refractivity contribution >= 4 is 41.2 Å². The zero-order valence-corrected chi connectivity index (χ0v) is 17.6. The fraction of sp³-hybridized carbons (Fsp3) is 0.250. The number of halogens is 2. The van der Waals surface area contributed by atoms with Gasteiger partial charge in [-0.25, -0.2) is 5.43 Å². The van der Waals surface area contributed by atoms with Gasteiger partial charge in [0.05, 0.1) is 13.3 Å². The van der Waals surface area contributed by atoms with E-state index < -0.39 is 17.9 Å². The predicted octanol–water partition coefficient (Wildman–Crippen LogP) is 3.61. The summed E-state index contributed by atoms with van der Waals surface area (Å²) in [6, 6.07) is 8.51. The molecule has 2 aromatic carbocycles. The molecule has 0 saturated carbocycles. The Morgan fingerprint density at radius 3 is 2.52 bits per heavy atom. The molecule has 29 heavy (non-hydrogen) atoms. The van der Waals surface area contributed by atoms with E-state index in [1.807, 2.05) is 0 Å². The minimum atomic E-state index is -0.832. The lowest BCUT2D eigenvalue weighted by atomic mass is 10.0. The van der Waals surface area contributed by atoms with E-state index in [1.165, 1.54) is 31.5 Å². The molecule has 7 nitrogen and oxygen atoms in total. The number of phenolic OH excluding ortho intramolecular Hbond substituents is 1. The van der Waals surface area contributed by atoms with E-state index in [0.717, 1.165) is 0 Å². The number of carbonyl (C=O) groups is 2. The molecular formula is C20H21Cl2N3O4. The highest BCUT2D eigenvalue weighted by molar-refractivity contribution is 6.31. The summed E-state index contributed by atoms with van der Waals surface area (Å²) in [5, 5.41) is 17.4. The molecule has 2 rings (SSSR count). The molecule has 3 N–H and O–H groups in total. The molecule has 0 heterocycles. The van der Waals surface area contributed by atoms with Gasteiger partial charge in [0, 0.05) is 27.2 Å². The number of hydrogen-bond acceptors (Lipinski definition) is 5. The Bertz CT molecular complexity index is 932. The topological polar surface area (TPSA) is 100 Å². The van der Waals surface area contributed by atoms with Gasteiger partial charge < -0.3 is 15.2 Å². The second-order valence-corrected chi connectivity index (χ2v) is 7.36. The van der Waals surface area contributed by atoms with Crippen LogP contribution in [0.25, 0.3) is 0 Å². The summed E-state index contributed by atoms with van der Waals surface area (Å²) in [6.07, 6.45) is 1.23. The number of phenols is 1. The molecule has 2 aromatic rings. The number of hydrazone groups is 1. The summed E-state index contributed by atoms with van der Waals surface area (Å²) in [4.78, 5) is 24.9. The largest absolute Gasteiger partial charge is 0.504 e. The minimum absolute atomic E-state index is 0.162. The number of nitrogens with zero attached hydrogens (tertiary/aromatic N) is 1. The molecule has 9 heteroatoms.